The van der Waals surface area contributed by atoms with Crippen molar-refractivity contribution in [2.75, 3.05) is 0 Å². The van der Waals surface area contributed by atoms with Gasteiger partial charge in [-0.05, 0) is 6.92 Å². The van der Waals surface area contributed by atoms with Crippen molar-refractivity contribution in [3.63, 3.8) is 0 Å². The Balaban J connectivity index is 3.39. The molecule has 1 aromatic heterocycles. The average molecular weight is 169 g/mol. The maximum atomic E-state index is 11.1. The van der Waals surface area contributed by atoms with Crippen LogP contribution in [0.25, 0.3) is 0 Å². The molecule has 0 amide bonds. The Morgan fingerprint density at radius 1 is 1.58 bits per heavy atom. The number of H-pyrrole nitrogens is 1. The topological polar surface area (TPSA) is 80.9 Å². The van der Waals surface area contributed by atoms with Gasteiger partial charge in [0.1, 0.15) is 0 Å². The minimum atomic E-state index is -0.398. The predicted octanol–water partition coefficient (Wildman–Crippen LogP) is -0.985. The summed E-state index contributed by atoms with van der Waals surface area (Å²) in [5.74, 6) is 0. The van der Waals surface area contributed by atoms with Crippen LogP contribution in [0.5, 0.6) is 0 Å². The number of hydrogen-bond donors (Lipinski definition) is 2. The van der Waals surface area contributed by atoms with Gasteiger partial charge in [-0.2, -0.15) is 0 Å². The molecule has 66 valence electrons. The van der Waals surface area contributed by atoms with Crippen LogP contribution < -0.4 is 17.0 Å². The van der Waals surface area contributed by atoms with Crippen molar-refractivity contribution in [2.45, 2.75) is 20.0 Å². The first-order valence-electron chi connectivity index (χ1n) is 3.72. The van der Waals surface area contributed by atoms with E-state index in [1.54, 1.807) is 6.92 Å². The van der Waals surface area contributed by atoms with Gasteiger partial charge in [0, 0.05) is 24.8 Å². The number of rotatable bonds is 2. The minimum absolute atomic E-state index is 0.176. The lowest BCUT2D eigenvalue weighted by molar-refractivity contribution is 0.662. The first-order chi connectivity index (χ1) is 5.69. The van der Waals surface area contributed by atoms with Gasteiger partial charge < -0.3 is 10.7 Å². The van der Waals surface area contributed by atoms with Gasteiger partial charge in [0.25, 0.3) is 5.56 Å². The van der Waals surface area contributed by atoms with Crippen molar-refractivity contribution in [1.29, 1.82) is 0 Å². The predicted molar refractivity (Wildman–Crippen MR) is 44.9 cm³/mol. The van der Waals surface area contributed by atoms with Gasteiger partial charge >= 0.3 is 5.69 Å². The van der Waals surface area contributed by atoms with E-state index in [-0.39, 0.29) is 12.1 Å². The molecule has 5 nitrogen and oxygen atoms in total. The van der Waals surface area contributed by atoms with Crippen LogP contribution in [0.2, 0.25) is 0 Å². The second kappa shape index (κ2) is 3.36. The molecule has 0 saturated carbocycles. The summed E-state index contributed by atoms with van der Waals surface area (Å²) in [4.78, 5) is 24.7. The number of aromatic amines is 1. The van der Waals surface area contributed by atoms with E-state index in [0.29, 0.717) is 12.2 Å². The zero-order valence-corrected chi connectivity index (χ0v) is 6.83. The van der Waals surface area contributed by atoms with Crippen molar-refractivity contribution >= 4 is 0 Å². The molecule has 1 heterocycles. The lowest BCUT2D eigenvalue weighted by Gasteiger charge is -2.00. The fraction of sp³-hybridized carbons (Fsp3) is 0.429. The van der Waals surface area contributed by atoms with E-state index in [1.165, 1.54) is 6.07 Å². The standard InChI is InChI=1S/C7H11N3O2/c1-2-10-6(11)3-5(4-8)9-7(10)12/h3H,2,4,8H2,1H3,(H,9,12). The molecular weight excluding hydrogens is 158 g/mol. The first kappa shape index (κ1) is 8.73. The lowest BCUT2D eigenvalue weighted by Crippen LogP contribution is -2.35. The van der Waals surface area contributed by atoms with Crippen molar-refractivity contribution in [2.24, 2.45) is 5.73 Å². The Morgan fingerprint density at radius 2 is 2.25 bits per heavy atom. The highest BCUT2D eigenvalue weighted by Crippen LogP contribution is 1.81. The molecule has 0 saturated heterocycles. The molecule has 1 rings (SSSR count). The molecule has 0 aromatic carbocycles. The molecule has 0 bridgehead atoms. The largest absolute Gasteiger partial charge is 0.328 e. The molecule has 0 atom stereocenters. The third-order valence-corrected chi connectivity index (χ3v) is 1.61. The highest BCUT2D eigenvalue weighted by Gasteiger charge is 1.99. The second-order valence-corrected chi connectivity index (χ2v) is 2.39. The van der Waals surface area contributed by atoms with Crippen LogP contribution in [-0.4, -0.2) is 9.55 Å². The maximum absolute atomic E-state index is 11.1. The summed E-state index contributed by atoms with van der Waals surface area (Å²) in [5, 5.41) is 0. The first-order valence-corrected chi connectivity index (χ1v) is 3.72. The molecule has 0 unspecified atom stereocenters. The Kier molecular flexibility index (Phi) is 2.44. The van der Waals surface area contributed by atoms with Crippen LogP contribution in [0.15, 0.2) is 15.7 Å². The second-order valence-electron chi connectivity index (χ2n) is 2.39. The summed E-state index contributed by atoms with van der Waals surface area (Å²) in [6.07, 6.45) is 0. The minimum Gasteiger partial charge on any atom is -0.325 e. The van der Waals surface area contributed by atoms with Gasteiger partial charge in [0.2, 0.25) is 0 Å². The van der Waals surface area contributed by atoms with Crippen LogP contribution in [0.4, 0.5) is 0 Å². The number of hydrogen-bond acceptors (Lipinski definition) is 3. The van der Waals surface area contributed by atoms with Crippen LogP contribution >= 0.6 is 0 Å². The fourth-order valence-corrected chi connectivity index (χ4v) is 0.977. The summed E-state index contributed by atoms with van der Waals surface area (Å²) >= 11 is 0. The molecule has 0 radical (unpaired) electrons. The van der Waals surface area contributed by atoms with Crippen LogP contribution in [-0.2, 0) is 13.1 Å². The summed E-state index contributed by atoms with van der Waals surface area (Å²) in [6, 6.07) is 1.34. The van der Waals surface area contributed by atoms with E-state index in [4.69, 9.17) is 5.73 Å². The van der Waals surface area contributed by atoms with Gasteiger partial charge in [-0.25, -0.2) is 4.79 Å². The van der Waals surface area contributed by atoms with E-state index in [9.17, 15) is 9.59 Å². The van der Waals surface area contributed by atoms with E-state index in [1.807, 2.05) is 0 Å². The quantitative estimate of drug-likeness (QED) is 0.596. The van der Waals surface area contributed by atoms with Crippen molar-refractivity contribution in [1.82, 2.24) is 9.55 Å². The molecule has 0 aliphatic heterocycles. The third-order valence-electron chi connectivity index (χ3n) is 1.61. The van der Waals surface area contributed by atoms with Crippen molar-refractivity contribution in [3.05, 3.63) is 32.6 Å². The molecule has 0 aliphatic rings. The molecule has 1 aromatic rings. The van der Waals surface area contributed by atoms with E-state index >= 15 is 0 Å². The third kappa shape index (κ3) is 1.45. The average Bonchev–Trinajstić information content (AvgIpc) is 2.03. The fourth-order valence-electron chi connectivity index (χ4n) is 0.977. The van der Waals surface area contributed by atoms with Crippen molar-refractivity contribution in [3.8, 4) is 0 Å². The van der Waals surface area contributed by atoms with Crippen LogP contribution in [0, 0.1) is 0 Å². The molecule has 0 fully saturated rings. The zero-order valence-electron chi connectivity index (χ0n) is 6.83. The Morgan fingerprint density at radius 3 is 2.67 bits per heavy atom. The lowest BCUT2D eigenvalue weighted by atomic mass is 10.4. The summed E-state index contributed by atoms with van der Waals surface area (Å²) in [7, 11) is 0. The number of nitrogens with zero attached hydrogens (tertiary/aromatic N) is 1. The Labute approximate surface area is 68.8 Å². The normalized spacial score (nSPS) is 10.2. The summed E-state index contributed by atoms with van der Waals surface area (Å²) in [5.41, 5.74) is 5.03. The van der Waals surface area contributed by atoms with E-state index < -0.39 is 5.69 Å². The monoisotopic (exact) mass is 169 g/mol. The summed E-state index contributed by atoms with van der Waals surface area (Å²) < 4.78 is 1.11. The Hall–Kier alpha value is -1.36. The SMILES string of the molecule is CCn1c(=O)cc(CN)[nH]c1=O. The molecule has 5 heteroatoms. The molecular formula is C7H11N3O2. The molecule has 0 aliphatic carbocycles. The van der Waals surface area contributed by atoms with Crippen LogP contribution in [0.3, 0.4) is 0 Å². The number of nitrogens with two attached hydrogens (primary N) is 1. The van der Waals surface area contributed by atoms with Gasteiger partial charge in [0.15, 0.2) is 0 Å². The maximum Gasteiger partial charge on any atom is 0.328 e. The van der Waals surface area contributed by atoms with E-state index in [2.05, 4.69) is 4.98 Å². The van der Waals surface area contributed by atoms with Gasteiger partial charge in [-0.1, -0.05) is 0 Å². The number of aromatic nitrogens is 2. The van der Waals surface area contributed by atoms with Crippen molar-refractivity contribution < 1.29 is 0 Å². The van der Waals surface area contributed by atoms with Gasteiger partial charge in [0.05, 0.1) is 0 Å². The van der Waals surface area contributed by atoms with Crippen LogP contribution in [0.1, 0.15) is 12.6 Å². The van der Waals surface area contributed by atoms with Gasteiger partial charge in [-0.3, -0.25) is 9.36 Å². The Bertz CT molecular complexity index is 346. The van der Waals surface area contributed by atoms with E-state index in [0.717, 1.165) is 4.57 Å². The molecule has 0 spiro atoms. The smallest absolute Gasteiger partial charge is 0.325 e. The molecule has 3 N–H and O–H groups in total. The number of nitrogens with one attached hydrogen (secondary N) is 1. The summed E-state index contributed by atoms with van der Waals surface area (Å²) in [6.45, 7) is 2.28. The molecule has 12 heavy (non-hydrogen) atoms. The highest BCUT2D eigenvalue weighted by molar-refractivity contribution is 4.98. The highest BCUT2D eigenvalue weighted by atomic mass is 16.2. The zero-order chi connectivity index (χ0) is 9.14. The van der Waals surface area contributed by atoms with Gasteiger partial charge in [-0.15, -0.1) is 0 Å².